The fourth-order valence-corrected chi connectivity index (χ4v) is 2.88. The van der Waals surface area contributed by atoms with Crippen LogP contribution in [0.1, 0.15) is 39.5 Å². The van der Waals surface area contributed by atoms with Gasteiger partial charge < -0.3 is 10.2 Å². The van der Waals surface area contributed by atoms with Gasteiger partial charge in [0, 0.05) is 19.6 Å². The lowest BCUT2D eigenvalue weighted by Crippen LogP contribution is -2.32. The number of aromatic nitrogens is 3. The smallest absolute Gasteiger partial charge is 0.243 e. The molecule has 21 heavy (non-hydrogen) atoms. The summed E-state index contributed by atoms with van der Waals surface area (Å²) >= 11 is 0. The topological polar surface area (TPSA) is 92.0 Å². The van der Waals surface area contributed by atoms with Crippen LogP contribution in [0.4, 0.5) is 17.8 Å². The summed E-state index contributed by atoms with van der Waals surface area (Å²) in [4.78, 5) is 15.4. The molecule has 116 valence electrons. The molecule has 1 aromatic rings. The number of hydrogen-bond acceptors (Lipinski definition) is 7. The molecule has 1 atom stereocenters. The number of rotatable bonds is 5. The summed E-state index contributed by atoms with van der Waals surface area (Å²) < 4.78 is 0. The third-order valence-corrected chi connectivity index (χ3v) is 4.62. The van der Waals surface area contributed by atoms with Crippen LogP contribution in [0.25, 0.3) is 0 Å². The molecule has 0 amide bonds. The Hall–Kier alpha value is -1.63. The molecule has 1 aliphatic carbocycles. The number of nitrogen functional groups attached to an aromatic ring is 1. The van der Waals surface area contributed by atoms with Crippen molar-refractivity contribution in [2.24, 2.45) is 17.2 Å². The normalized spacial score (nSPS) is 23.8. The van der Waals surface area contributed by atoms with Gasteiger partial charge >= 0.3 is 0 Å². The summed E-state index contributed by atoms with van der Waals surface area (Å²) in [7, 11) is 0. The van der Waals surface area contributed by atoms with Gasteiger partial charge in [-0.3, -0.25) is 5.43 Å². The van der Waals surface area contributed by atoms with Crippen LogP contribution in [-0.2, 0) is 0 Å². The standard InChI is InChI=1S/C14H25N7/c1-14(2)8-10(14)9-16-11-17-12(20-15)19-13(18-11)21-6-4-3-5-7-21/h10H,3-9,15H2,1-2H3,(H2,16,17,18,19,20). The minimum atomic E-state index is 0.420. The number of nitrogens with zero attached hydrogens (tertiary/aromatic N) is 4. The third-order valence-electron chi connectivity index (χ3n) is 4.62. The van der Waals surface area contributed by atoms with Gasteiger partial charge in [-0.25, -0.2) is 5.84 Å². The van der Waals surface area contributed by atoms with Crippen molar-refractivity contribution in [2.45, 2.75) is 39.5 Å². The van der Waals surface area contributed by atoms with Crippen LogP contribution in [-0.4, -0.2) is 34.6 Å². The molecule has 1 saturated heterocycles. The highest BCUT2D eigenvalue weighted by molar-refractivity contribution is 5.43. The van der Waals surface area contributed by atoms with Gasteiger partial charge in [-0.2, -0.15) is 15.0 Å². The molecule has 3 rings (SSSR count). The number of hydrazine groups is 1. The number of piperidine rings is 1. The molecular weight excluding hydrogens is 266 g/mol. The fraction of sp³-hybridized carbons (Fsp3) is 0.786. The van der Waals surface area contributed by atoms with Crippen LogP contribution >= 0.6 is 0 Å². The average Bonchev–Trinajstić information content (AvgIpc) is 3.13. The molecular formula is C14H25N7. The third kappa shape index (κ3) is 3.34. The highest BCUT2D eigenvalue weighted by Gasteiger charge is 2.45. The lowest BCUT2D eigenvalue weighted by atomic mass is 10.1. The van der Waals surface area contributed by atoms with E-state index in [-0.39, 0.29) is 0 Å². The quantitative estimate of drug-likeness (QED) is 0.560. The molecule has 1 saturated carbocycles. The van der Waals surface area contributed by atoms with Crippen molar-refractivity contribution in [2.75, 3.05) is 35.3 Å². The lowest BCUT2D eigenvalue weighted by Gasteiger charge is -2.26. The summed E-state index contributed by atoms with van der Waals surface area (Å²) in [5, 5.41) is 3.33. The Kier molecular flexibility index (Phi) is 3.84. The van der Waals surface area contributed by atoms with E-state index in [4.69, 9.17) is 5.84 Å². The van der Waals surface area contributed by atoms with Crippen molar-refractivity contribution >= 4 is 17.8 Å². The molecule has 2 aliphatic rings. The van der Waals surface area contributed by atoms with Gasteiger partial charge in [0.05, 0.1) is 0 Å². The van der Waals surface area contributed by atoms with Gasteiger partial charge in [0.15, 0.2) is 0 Å². The Morgan fingerprint density at radius 2 is 1.81 bits per heavy atom. The molecule has 2 fully saturated rings. The zero-order valence-corrected chi connectivity index (χ0v) is 12.9. The largest absolute Gasteiger partial charge is 0.354 e. The van der Waals surface area contributed by atoms with Crippen LogP contribution in [0.2, 0.25) is 0 Å². The number of anilines is 3. The molecule has 4 N–H and O–H groups in total. The summed E-state index contributed by atoms with van der Waals surface area (Å²) in [6, 6.07) is 0. The SMILES string of the molecule is CC1(C)CC1CNc1nc(NN)nc(N2CCCCC2)n1. The van der Waals surface area contributed by atoms with Crippen molar-refractivity contribution in [1.29, 1.82) is 0 Å². The minimum absolute atomic E-state index is 0.420. The molecule has 1 aliphatic heterocycles. The summed E-state index contributed by atoms with van der Waals surface area (Å²) in [5.74, 6) is 7.93. The molecule has 0 spiro atoms. The zero-order valence-electron chi connectivity index (χ0n) is 12.9. The van der Waals surface area contributed by atoms with Crippen molar-refractivity contribution in [1.82, 2.24) is 15.0 Å². The first-order valence-electron chi connectivity index (χ1n) is 7.80. The van der Waals surface area contributed by atoms with E-state index in [1.807, 2.05) is 0 Å². The van der Waals surface area contributed by atoms with E-state index >= 15 is 0 Å². The number of nitrogens with one attached hydrogen (secondary N) is 2. The van der Waals surface area contributed by atoms with E-state index in [0.29, 0.717) is 23.2 Å². The predicted octanol–water partition coefficient (Wildman–Crippen LogP) is 1.61. The van der Waals surface area contributed by atoms with Crippen LogP contribution in [0.15, 0.2) is 0 Å². The fourth-order valence-electron chi connectivity index (χ4n) is 2.88. The molecule has 2 heterocycles. The first-order valence-corrected chi connectivity index (χ1v) is 7.80. The van der Waals surface area contributed by atoms with Crippen molar-refractivity contribution in [3.05, 3.63) is 0 Å². The Morgan fingerprint density at radius 3 is 2.43 bits per heavy atom. The van der Waals surface area contributed by atoms with E-state index in [0.717, 1.165) is 25.6 Å². The summed E-state index contributed by atoms with van der Waals surface area (Å²) in [6.45, 7) is 7.49. The van der Waals surface area contributed by atoms with Gasteiger partial charge in [-0.05, 0) is 37.0 Å². The van der Waals surface area contributed by atoms with E-state index in [9.17, 15) is 0 Å². The Balaban J connectivity index is 1.70. The van der Waals surface area contributed by atoms with Gasteiger partial charge in [-0.15, -0.1) is 0 Å². The molecule has 0 aromatic carbocycles. The van der Waals surface area contributed by atoms with Gasteiger partial charge in [-0.1, -0.05) is 13.8 Å². The van der Waals surface area contributed by atoms with Crippen molar-refractivity contribution in [3.8, 4) is 0 Å². The van der Waals surface area contributed by atoms with Crippen LogP contribution in [0.5, 0.6) is 0 Å². The zero-order chi connectivity index (χ0) is 14.9. The Morgan fingerprint density at radius 1 is 1.14 bits per heavy atom. The maximum Gasteiger partial charge on any atom is 0.243 e. The van der Waals surface area contributed by atoms with Crippen molar-refractivity contribution in [3.63, 3.8) is 0 Å². The van der Waals surface area contributed by atoms with Gasteiger partial charge in [0.2, 0.25) is 17.8 Å². The van der Waals surface area contributed by atoms with Crippen LogP contribution in [0, 0.1) is 11.3 Å². The van der Waals surface area contributed by atoms with Gasteiger partial charge in [0.1, 0.15) is 0 Å². The lowest BCUT2D eigenvalue weighted by molar-refractivity contribution is 0.566. The molecule has 7 nitrogen and oxygen atoms in total. The van der Waals surface area contributed by atoms with Crippen molar-refractivity contribution < 1.29 is 0 Å². The van der Waals surface area contributed by atoms with E-state index < -0.39 is 0 Å². The summed E-state index contributed by atoms with van der Waals surface area (Å²) in [6.07, 6.45) is 4.92. The molecule has 7 heteroatoms. The highest BCUT2D eigenvalue weighted by Crippen LogP contribution is 2.51. The average molecular weight is 291 g/mol. The monoisotopic (exact) mass is 291 g/mol. The predicted molar refractivity (Wildman–Crippen MR) is 84.1 cm³/mol. The number of hydrogen-bond donors (Lipinski definition) is 3. The second kappa shape index (κ2) is 5.63. The first kappa shape index (κ1) is 14.3. The second-order valence-electron chi connectivity index (χ2n) is 6.75. The molecule has 1 unspecified atom stereocenters. The maximum absolute atomic E-state index is 5.48. The molecule has 0 radical (unpaired) electrons. The Labute approximate surface area is 125 Å². The maximum atomic E-state index is 5.48. The van der Waals surface area contributed by atoms with E-state index in [2.05, 4.69) is 44.4 Å². The minimum Gasteiger partial charge on any atom is -0.354 e. The number of nitrogens with two attached hydrogens (primary N) is 1. The van der Waals surface area contributed by atoms with Crippen LogP contribution in [0.3, 0.4) is 0 Å². The first-order chi connectivity index (χ1) is 10.1. The van der Waals surface area contributed by atoms with Crippen LogP contribution < -0.4 is 21.5 Å². The highest BCUT2D eigenvalue weighted by atomic mass is 15.4. The Bertz CT molecular complexity index is 496. The van der Waals surface area contributed by atoms with E-state index in [1.54, 1.807) is 0 Å². The molecule has 0 bridgehead atoms. The molecule has 1 aromatic heterocycles. The summed E-state index contributed by atoms with van der Waals surface area (Å²) in [5.41, 5.74) is 2.99. The second-order valence-corrected chi connectivity index (χ2v) is 6.75. The van der Waals surface area contributed by atoms with Gasteiger partial charge in [0.25, 0.3) is 0 Å². The van der Waals surface area contributed by atoms with E-state index in [1.165, 1.54) is 25.7 Å².